The zero-order chi connectivity index (χ0) is 17.1. The number of nitrogens with zero attached hydrogens (tertiary/aromatic N) is 1. The number of furan rings is 1. The molecule has 0 fully saturated rings. The van der Waals surface area contributed by atoms with Gasteiger partial charge in [0.15, 0.2) is 16.5 Å². The Bertz CT molecular complexity index is 851. The van der Waals surface area contributed by atoms with Crippen LogP contribution in [0.15, 0.2) is 40.8 Å². The molecule has 0 unspecified atom stereocenters. The lowest BCUT2D eigenvalue weighted by Crippen LogP contribution is -2.44. The number of para-hydroxylation sites is 1. The Labute approximate surface area is 142 Å². The SMILES string of the molecule is CCNC(=O)[C@@H](C)NC(=O)c1ccc(-c2nc3ccccc3s2)o1. The molecule has 0 aliphatic rings. The van der Waals surface area contributed by atoms with Crippen molar-refractivity contribution in [2.45, 2.75) is 19.9 Å². The molecule has 1 aromatic carbocycles. The average Bonchev–Trinajstić information content (AvgIpc) is 3.21. The number of rotatable bonds is 5. The number of benzene rings is 1. The number of aromatic nitrogens is 1. The molecule has 124 valence electrons. The van der Waals surface area contributed by atoms with E-state index in [4.69, 9.17) is 4.42 Å². The Hall–Kier alpha value is -2.67. The van der Waals surface area contributed by atoms with E-state index in [0.29, 0.717) is 17.3 Å². The van der Waals surface area contributed by atoms with E-state index in [0.717, 1.165) is 10.2 Å². The van der Waals surface area contributed by atoms with Crippen LogP contribution in [0.2, 0.25) is 0 Å². The van der Waals surface area contributed by atoms with E-state index in [1.165, 1.54) is 11.3 Å². The van der Waals surface area contributed by atoms with Crippen LogP contribution in [0.1, 0.15) is 24.4 Å². The second kappa shape index (κ2) is 6.84. The van der Waals surface area contributed by atoms with Crippen molar-refractivity contribution >= 4 is 33.4 Å². The molecule has 24 heavy (non-hydrogen) atoms. The third-order valence-electron chi connectivity index (χ3n) is 3.43. The highest BCUT2D eigenvalue weighted by molar-refractivity contribution is 7.21. The van der Waals surface area contributed by atoms with Crippen LogP contribution < -0.4 is 10.6 Å². The number of carbonyl (C=O) groups is 2. The van der Waals surface area contributed by atoms with Gasteiger partial charge in [0.2, 0.25) is 5.91 Å². The minimum Gasteiger partial charge on any atom is -0.448 e. The van der Waals surface area contributed by atoms with E-state index in [-0.39, 0.29) is 11.7 Å². The number of hydrogen-bond acceptors (Lipinski definition) is 5. The first kappa shape index (κ1) is 16.2. The van der Waals surface area contributed by atoms with Crippen LogP contribution in [-0.4, -0.2) is 29.4 Å². The molecule has 3 rings (SSSR count). The molecule has 0 saturated heterocycles. The van der Waals surface area contributed by atoms with Crippen molar-refractivity contribution in [2.24, 2.45) is 0 Å². The maximum absolute atomic E-state index is 12.2. The highest BCUT2D eigenvalue weighted by atomic mass is 32.1. The minimum atomic E-state index is -0.631. The van der Waals surface area contributed by atoms with Crippen molar-refractivity contribution in [2.75, 3.05) is 6.54 Å². The second-order valence-corrected chi connectivity index (χ2v) is 6.27. The Morgan fingerprint density at radius 3 is 2.79 bits per heavy atom. The summed E-state index contributed by atoms with van der Waals surface area (Å²) in [6, 6.07) is 10.5. The summed E-state index contributed by atoms with van der Waals surface area (Å²) in [5.74, 6) is 0.0253. The summed E-state index contributed by atoms with van der Waals surface area (Å²) in [6.07, 6.45) is 0. The van der Waals surface area contributed by atoms with Crippen LogP contribution in [0.3, 0.4) is 0 Å². The lowest BCUT2D eigenvalue weighted by atomic mass is 10.3. The number of nitrogens with one attached hydrogen (secondary N) is 2. The van der Waals surface area contributed by atoms with Gasteiger partial charge in [0.05, 0.1) is 10.2 Å². The molecule has 3 aromatic rings. The lowest BCUT2D eigenvalue weighted by molar-refractivity contribution is -0.122. The molecule has 0 bridgehead atoms. The average molecular weight is 343 g/mol. The van der Waals surface area contributed by atoms with Crippen molar-refractivity contribution in [3.8, 4) is 10.8 Å². The van der Waals surface area contributed by atoms with E-state index in [9.17, 15) is 9.59 Å². The Kier molecular flexibility index (Phi) is 4.61. The maximum atomic E-state index is 12.2. The molecule has 1 atom stereocenters. The van der Waals surface area contributed by atoms with Gasteiger partial charge in [-0.1, -0.05) is 12.1 Å². The number of fused-ring (bicyclic) bond motifs is 1. The summed E-state index contributed by atoms with van der Waals surface area (Å²) in [6.45, 7) is 3.96. The van der Waals surface area contributed by atoms with Crippen molar-refractivity contribution < 1.29 is 14.0 Å². The van der Waals surface area contributed by atoms with E-state index in [1.807, 2.05) is 31.2 Å². The van der Waals surface area contributed by atoms with Crippen molar-refractivity contribution in [3.63, 3.8) is 0 Å². The van der Waals surface area contributed by atoms with Crippen molar-refractivity contribution in [3.05, 3.63) is 42.2 Å². The largest absolute Gasteiger partial charge is 0.448 e. The smallest absolute Gasteiger partial charge is 0.287 e. The number of carbonyl (C=O) groups excluding carboxylic acids is 2. The molecule has 0 aliphatic heterocycles. The molecular formula is C17H17N3O3S. The predicted octanol–water partition coefficient (Wildman–Crippen LogP) is 2.81. The zero-order valence-electron chi connectivity index (χ0n) is 13.3. The van der Waals surface area contributed by atoms with Gasteiger partial charge >= 0.3 is 0 Å². The van der Waals surface area contributed by atoms with Gasteiger partial charge in [0.1, 0.15) is 6.04 Å². The molecular weight excluding hydrogens is 326 g/mol. The summed E-state index contributed by atoms with van der Waals surface area (Å²) in [4.78, 5) is 28.3. The van der Waals surface area contributed by atoms with Gasteiger partial charge in [-0.15, -0.1) is 11.3 Å². The highest BCUT2D eigenvalue weighted by Crippen LogP contribution is 2.31. The van der Waals surface area contributed by atoms with E-state index >= 15 is 0 Å². The van der Waals surface area contributed by atoms with Crippen molar-refractivity contribution in [1.29, 1.82) is 0 Å². The fourth-order valence-corrected chi connectivity index (χ4v) is 3.14. The topological polar surface area (TPSA) is 84.2 Å². The van der Waals surface area contributed by atoms with Gasteiger partial charge in [-0.2, -0.15) is 0 Å². The highest BCUT2D eigenvalue weighted by Gasteiger charge is 2.19. The first-order valence-corrected chi connectivity index (χ1v) is 8.44. The molecule has 0 spiro atoms. The monoisotopic (exact) mass is 343 g/mol. The normalized spacial score (nSPS) is 12.1. The molecule has 6 nitrogen and oxygen atoms in total. The molecule has 2 heterocycles. The van der Waals surface area contributed by atoms with Gasteiger partial charge in [0.25, 0.3) is 5.91 Å². The van der Waals surface area contributed by atoms with Gasteiger partial charge < -0.3 is 15.1 Å². The van der Waals surface area contributed by atoms with Crippen LogP contribution in [0.4, 0.5) is 0 Å². The second-order valence-electron chi connectivity index (χ2n) is 5.24. The Morgan fingerprint density at radius 2 is 2.04 bits per heavy atom. The Balaban J connectivity index is 1.75. The predicted molar refractivity (Wildman–Crippen MR) is 92.9 cm³/mol. The summed E-state index contributed by atoms with van der Waals surface area (Å²) >= 11 is 1.50. The lowest BCUT2D eigenvalue weighted by Gasteiger charge is -2.11. The van der Waals surface area contributed by atoms with Gasteiger partial charge in [0, 0.05) is 6.54 Å². The minimum absolute atomic E-state index is 0.153. The summed E-state index contributed by atoms with van der Waals surface area (Å²) < 4.78 is 6.66. The van der Waals surface area contributed by atoms with E-state index in [1.54, 1.807) is 19.1 Å². The van der Waals surface area contributed by atoms with Crippen LogP contribution >= 0.6 is 11.3 Å². The molecule has 2 amide bonds. The number of hydrogen-bond donors (Lipinski definition) is 2. The van der Waals surface area contributed by atoms with E-state index < -0.39 is 11.9 Å². The fourth-order valence-electron chi connectivity index (χ4n) is 2.21. The van der Waals surface area contributed by atoms with Crippen LogP contribution in [0, 0.1) is 0 Å². The van der Waals surface area contributed by atoms with Gasteiger partial charge in [-0.05, 0) is 38.1 Å². The number of thiazole rings is 1. The molecule has 0 radical (unpaired) electrons. The molecule has 7 heteroatoms. The first-order chi connectivity index (χ1) is 11.6. The third kappa shape index (κ3) is 3.30. The Morgan fingerprint density at radius 1 is 1.25 bits per heavy atom. The number of amides is 2. The zero-order valence-corrected chi connectivity index (χ0v) is 14.1. The van der Waals surface area contributed by atoms with Crippen LogP contribution in [-0.2, 0) is 4.79 Å². The molecule has 0 aliphatic carbocycles. The van der Waals surface area contributed by atoms with Gasteiger partial charge in [-0.25, -0.2) is 4.98 Å². The molecule has 0 saturated carbocycles. The quantitative estimate of drug-likeness (QED) is 0.746. The summed E-state index contributed by atoms with van der Waals surface area (Å²) in [7, 11) is 0. The van der Waals surface area contributed by atoms with Gasteiger partial charge in [-0.3, -0.25) is 9.59 Å². The van der Waals surface area contributed by atoms with Crippen molar-refractivity contribution in [1.82, 2.24) is 15.6 Å². The number of likely N-dealkylation sites (N-methyl/N-ethyl adjacent to an activating group) is 1. The summed E-state index contributed by atoms with van der Waals surface area (Å²) in [5.41, 5.74) is 0.893. The van der Waals surface area contributed by atoms with Crippen LogP contribution in [0.5, 0.6) is 0 Å². The van der Waals surface area contributed by atoms with E-state index in [2.05, 4.69) is 15.6 Å². The molecule has 2 N–H and O–H groups in total. The first-order valence-electron chi connectivity index (χ1n) is 7.63. The maximum Gasteiger partial charge on any atom is 0.287 e. The van der Waals surface area contributed by atoms with Crippen LogP contribution in [0.25, 0.3) is 21.0 Å². The third-order valence-corrected chi connectivity index (χ3v) is 4.48. The summed E-state index contributed by atoms with van der Waals surface area (Å²) in [5, 5.41) is 5.98. The molecule has 2 aromatic heterocycles. The fraction of sp³-hybridized carbons (Fsp3) is 0.235. The standard InChI is InChI=1S/C17H17N3O3S/c1-3-18-15(21)10(2)19-16(22)12-8-9-13(23-12)17-20-11-6-4-5-7-14(11)24-17/h4-10H,3H2,1-2H3,(H,18,21)(H,19,22)/t10-/m1/s1.